The maximum absolute atomic E-state index is 13.7. The Kier molecular flexibility index (Phi) is 23.5. The van der Waals surface area contributed by atoms with Crippen LogP contribution < -0.4 is 27.0 Å². The number of alkyl halides is 1. The van der Waals surface area contributed by atoms with Crippen LogP contribution in [-0.2, 0) is 44.6 Å². The molecule has 0 aliphatic rings. The number of alkyl carbamates (subject to hydrolysis) is 1. The number of nitrogens with one attached hydrogen (secondary N) is 4. The fourth-order valence-corrected chi connectivity index (χ4v) is 5.77. The van der Waals surface area contributed by atoms with E-state index in [9.17, 15) is 19.2 Å². The largest absolute Gasteiger partial charge is 0.444 e. The van der Waals surface area contributed by atoms with Crippen LogP contribution >= 0.6 is 11.6 Å². The molecule has 57 heavy (non-hydrogen) atoms. The van der Waals surface area contributed by atoms with Crippen LogP contribution in [0.25, 0.3) is 11.0 Å². The molecule has 2 atom stereocenters. The highest BCUT2D eigenvalue weighted by Gasteiger charge is 2.35. The zero-order valence-electron chi connectivity index (χ0n) is 34.9. The van der Waals surface area contributed by atoms with Crippen LogP contribution in [0.2, 0.25) is 0 Å². The molecule has 6 N–H and O–H groups in total. The number of nitrogen functional groups attached to an aromatic ring is 1. The number of carbonyl (C=O) groups excluding carboxylic acids is 4. The number of ether oxygens (including phenoxy) is 5. The molecule has 17 heteroatoms. The summed E-state index contributed by atoms with van der Waals surface area (Å²) in [5.41, 5.74) is 6.37. The van der Waals surface area contributed by atoms with Gasteiger partial charge in [0.1, 0.15) is 17.7 Å². The number of fused-ring (bicyclic) bond motifs is 1. The van der Waals surface area contributed by atoms with Gasteiger partial charge in [-0.15, -0.1) is 11.6 Å². The van der Waals surface area contributed by atoms with E-state index in [0.29, 0.717) is 57.8 Å². The molecule has 2 aromatic rings. The number of halogens is 1. The van der Waals surface area contributed by atoms with Gasteiger partial charge in [0.15, 0.2) is 0 Å². The summed E-state index contributed by atoms with van der Waals surface area (Å²) in [6.07, 6.45) is 4.50. The molecule has 1 aromatic heterocycles. The summed E-state index contributed by atoms with van der Waals surface area (Å²) in [6.45, 7) is 15.0. The first-order chi connectivity index (χ1) is 27.1. The van der Waals surface area contributed by atoms with Gasteiger partial charge in [-0.05, 0) is 64.0 Å². The number of benzene rings is 1. The second-order valence-corrected chi connectivity index (χ2v) is 16.1. The number of unbranched alkanes of at least 4 members (excludes halogenated alkanes) is 3. The predicted octanol–water partition coefficient (Wildman–Crippen LogP) is 4.31. The van der Waals surface area contributed by atoms with E-state index in [1.54, 1.807) is 20.8 Å². The SMILES string of the molecule is CC(C)(C)OC(=O)N[C@@H](CCCn1c(N)nc2ccccc21)C(=O)N[C@H](C(=O)NCCOCCOCCC(=O)NCCOCCOCCCCCCCl)C(C)(C)C. The van der Waals surface area contributed by atoms with Crippen molar-refractivity contribution in [1.29, 1.82) is 0 Å². The topological polar surface area (TPSA) is 206 Å². The Morgan fingerprint density at radius 1 is 0.754 bits per heavy atom. The summed E-state index contributed by atoms with van der Waals surface area (Å²) >= 11 is 5.67. The van der Waals surface area contributed by atoms with Crippen molar-refractivity contribution >= 4 is 52.4 Å². The number of rotatable bonds is 29. The lowest BCUT2D eigenvalue weighted by atomic mass is 9.85. The van der Waals surface area contributed by atoms with Crippen LogP contribution in [0.5, 0.6) is 0 Å². The van der Waals surface area contributed by atoms with Crippen molar-refractivity contribution in [3.05, 3.63) is 24.3 Å². The third kappa shape index (κ3) is 21.6. The molecule has 0 radical (unpaired) electrons. The number of aromatic nitrogens is 2. The lowest BCUT2D eigenvalue weighted by Gasteiger charge is -2.32. The number of hydrogen-bond donors (Lipinski definition) is 5. The van der Waals surface area contributed by atoms with Crippen molar-refractivity contribution in [1.82, 2.24) is 30.8 Å². The first-order valence-electron chi connectivity index (χ1n) is 20.0. The van der Waals surface area contributed by atoms with Gasteiger partial charge < -0.3 is 55.3 Å². The second kappa shape index (κ2) is 27.1. The van der Waals surface area contributed by atoms with Crippen LogP contribution in [0.15, 0.2) is 24.3 Å². The van der Waals surface area contributed by atoms with Crippen LogP contribution in [0.4, 0.5) is 10.7 Å². The molecule has 1 aromatic carbocycles. The van der Waals surface area contributed by atoms with Gasteiger partial charge in [0.2, 0.25) is 23.7 Å². The fraction of sp³-hybridized carbons (Fsp3) is 0.725. The van der Waals surface area contributed by atoms with E-state index in [-0.39, 0.29) is 51.7 Å². The maximum Gasteiger partial charge on any atom is 0.408 e. The minimum Gasteiger partial charge on any atom is -0.444 e. The molecule has 0 aliphatic heterocycles. The van der Waals surface area contributed by atoms with E-state index in [1.165, 1.54) is 0 Å². The monoisotopic (exact) mass is 825 g/mol. The highest BCUT2D eigenvalue weighted by atomic mass is 35.5. The molecule has 0 spiro atoms. The number of aryl methyl sites for hydroxylation is 1. The summed E-state index contributed by atoms with van der Waals surface area (Å²) in [4.78, 5) is 56.2. The van der Waals surface area contributed by atoms with Gasteiger partial charge in [-0.3, -0.25) is 14.4 Å². The first kappa shape index (κ1) is 49.4. The molecule has 0 unspecified atom stereocenters. The zero-order valence-corrected chi connectivity index (χ0v) is 35.7. The van der Waals surface area contributed by atoms with Gasteiger partial charge in [-0.25, -0.2) is 9.78 Å². The van der Waals surface area contributed by atoms with Gasteiger partial charge in [-0.1, -0.05) is 45.7 Å². The molecule has 1 heterocycles. The summed E-state index contributed by atoms with van der Waals surface area (Å²) in [6, 6.07) is 5.67. The van der Waals surface area contributed by atoms with Gasteiger partial charge in [0, 0.05) is 38.5 Å². The van der Waals surface area contributed by atoms with Crippen molar-refractivity contribution in [3.63, 3.8) is 0 Å². The molecule has 324 valence electrons. The summed E-state index contributed by atoms with van der Waals surface area (Å²) in [5, 5.41) is 11.2. The fourth-order valence-electron chi connectivity index (χ4n) is 5.58. The number of para-hydroxylation sites is 2. The summed E-state index contributed by atoms with van der Waals surface area (Å²) in [7, 11) is 0. The average molecular weight is 826 g/mol. The van der Waals surface area contributed by atoms with Crippen molar-refractivity contribution in [2.24, 2.45) is 5.41 Å². The molecule has 0 fully saturated rings. The Labute approximate surface area is 343 Å². The summed E-state index contributed by atoms with van der Waals surface area (Å²) < 4.78 is 29.4. The molecular weight excluding hydrogens is 758 g/mol. The summed E-state index contributed by atoms with van der Waals surface area (Å²) in [5.74, 6) is 0.0255. The second-order valence-electron chi connectivity index (χ2n) is 15.7. The molecule has 2 rings (SSSR count). The van der Waals surface area contributed by atoms with Crippen molar-refractivity contribution in [3.8, 4) is 0 Å². The van der Waals surface area contributed by atoms with Crippen LogP contribution in [0.1, 0.15) is 86.5 Å². The van der Waals surface area contributed by atoms with E-state index in [2.05, 4.69) is 26.3 Å². The van der Waals surface area contributed by atoms with Crippen LogP contribution in [0, 0.1) is 5.41 Å². The molecule has 0 bridgehead atoms. The number of nitrogens with zero attached hydrogens (tertiary/aromatic N) is 2. The van der Waals surface area contributed by atoms with E-state index in [1.807, 2.05) is 49.6 Å². The third-order valence-electron chi connectivity index (χ3n) is 8.48. The van der Waals surface area contributed by atoms with Crippen LogP contribution in [-0.4, -0.2) is 123 Å². The quantitative estimate of drug-likeness (QED) is 0.0577. The zero-order chi connectivity index (χ0) is 42.1. The third-order valence-corrected chi connectivity index (χ3v) is 8.75. The van der Waals surface area contributed by atoms with E-state index < -0.39 is 41.0 Å². The normalized spacial score (nSPS) is 12.9. The highest BCUT2D eigenvalue weighted by molar-refractivity contribution is 6.17. The first-order valence-corrected chi connectivity index (χ1v) is 20.6. The maximum atomic E-state index is 13.7. The van der Waals surface area contributed by atoms with Crippen molar-refractivity contribution < 1.29 is 42.9 Å². The minimum absolute atomic E-state index is 0.128. The Balaban J connectivity index is 1.69. The number of carbonyl (C=O) groups is 4. The number of nitrogens with two attached hydrogens (primary N) is 1. The van der Waals surface area contributed by atoms with E-state index in [0.717, 1.165) is 36.7 Å². The van der Waals surface area contributed by atoms with Gasteiger partial charge in [0.05, 0.1) is 57.3 Å². The van der Waals surface area contributed by atoms with E-state index in [4.69, 9.17) is 41.0 Å². The van der Waals surface area contributed by atoms with Gasteiger partial charge >= 0.3 is 6.09 Å². The molecular formula is C40H68ClN7O9. The standard InChI is InChI=1S/C40H68ClN7O9/c1-39(2,3)34(36(51)44-20-25-56-29-27-54-23-17-33(49)43-19-24-55-28-26-53-22-12-8-7-11-18-41)47-35(50)31(46-38(52)57-40(4,5)6)15-13-21-48-32-16-10-9-14-30(32)45-37(48)42/h9-10,14,16,31,34H,7-8,11-13,15,17-29H2,1-6H3,(H2,42,45)(H,43,49)(H,44,51)(H,46,52)(H,47,50)/t31-,34+/m0/s1. The molecule has 16 nitrogen and oxygen atoms in total. The van der Waals surface area contributed by atoms with Crippen LogP contribution in [0.3, 0.4) is 0 Å². The Morgan fingerprint density at radius 2 is 1.37 bits per heavy atom. The molecule has 0 saturated carbocycles. The smallest absolute Gasteiger partial charge is 0.408 e. The lowest BCUT2D eigenvalue weighted by Crippen LogP contribution is -2.58. The molecule has 0 saturated heterocycles. The predicted molar refractivity (Wildman–Crippen MR) is 221 cm³/mol. The lowest BCUT2D eigenvalue weighted by molar-refractivity contribution is -0.132. The molecule has 4 amide bonds. The van der Waals surface area contributed by atoms with Crippen molar-refractivity contribution in [2.75, 3.05) is 77.6 Å². The molecule has 0 aliphatic carbocycles. The Morgan fingerprint density at radius 3 is 2.02 bits per heavy atom. The van der Waals surface area contributed by atoms with Gasteiger partial charge in [-0.2, -0.15) is 0 Å². The van der Waals surface area contributed by atoms with Gasteiger partial charge in [0.25, 0.3) is 0 Å². The van der Waals surface area contributed by atoms with E-state index >= 15 is 0 Å². The number of hydrogen-bond acceptors (Lipinski definition) is 11. The number of amides is 4. The highest BCUT2D eigenvalue weighted by Crippen LogP contribution is 2.21. The Hall–Kier alpha value is -3.70. The Bertz CT molecular complexity index is 1480. The average Bonchev–Trinajstić information content (AvgIpc) is 3.46. The number of anilines is 1. The van der Waals surface area contributed by atoms with Crippen molar-refractivity contribution in [2.45, 2.75) is 111 Å². The minimum atomic E-state index is -0.987. The number of imidazole rings is 1.